The average Bonchev–Trinajstić information content (AvgIpc) is 3.68. The molecule has 0 spiro atoms. The van der Waals surface area contributed by atoms with Gasteiger partial charge in [-0.1, -0.05) is 30.3 Å². The molecule has 0 saturated carbocycles. The van der Waals surface area contributed by atoms with Crippen molar-refractivity contribution >= 4 is 29.3 Å². The van der Waals surface area contributed by atoms with E-state index < -0.39 is 34.6 Å². The molecule has 220 valence electrons. The third kappa shape index (κ3) is 4.95. The average molecular weight is 599 g/mol. The standard InChI is InChI=1S/C34H22N4O7/c39-31-14-13-29(32(40)36-31)37-33(41)25-12-9-22(16-26(25)34(37)42)19-3-5-20(6-4-19)23-17-27(21-7-10-24(11-8-21)38(43)44)35-28(18-23)30-2-1-15-45-30/h1-12,15-18,29H,13-14H2,(H,36,39,40). The van der Waals surface area contributed by atoms with Gasteiger partial charge in [0, 0.05) is 24.1 Å². The van der Waals surface area contributed by atoms with Gasteiger partial charge in [-0.2, -0.15) is 0 Å². The Kier molecular flexibility index (Phi) is 6.62. The molecule has 0 radical (unpaired) electrons. The monoisotopic (exact) mass is 598 g/mol. The van der Waals surface area contributed by atoms with Crippen LogP contribution in [0, 0.1) is 10.1 Å². The molecule has 4 amide bonds. The van der Waals surface area contributed by atoms with Crippen molar-refractivity contribution < 1.29 is 28.5 Å². The van der Waals surface area contributed by atoms with Crippen LogP contribution in [0.5, 0.6) is 0 Å². The highest BCUT2D eigenvalue weighted by Crippen LogP contribution is 2.34. The molecule has 1 unspecified atom stereocenters. The van der Waals surface area contributed by atoms with Crippen molar-refractivity contribution in [3.8, 4) is 45.0 Å². The SMILES string of the molecule is O=C1CCC(N2C(=O)c3ccc(-c4ccc(-c5cc(-c6ccc([N+](=O)[O-])cc6)nc(-c6ccco6)c5)cc4)cc3C2=O)C(=O)N1. The van der Waals surface area contributed by atoms with Crippen LogP contribution < -0.4 is 5.32 Å². The molecule has 2 aliphatic heterocycles. The quantitative estimate of drug-likeness (QED) is 0.149. The van der Waals surface area contributed by atoms with Gasteiger partial charge in [0.2, 0.25) is 11.8 Å². The summed E-state index contributed by atoms with van der Waals surface area (Å²) in [6, 6.07) is 25.1. The van der Waals surface area contributed by atoms with Gasteiger partial charge in [-0.05, 0) is 77.2 Å². The number of carbonyl (C=O) groups is 4. The van der Waals surface area contributed by atoms with Gasteiger partial charge in [0.15, 0.2) is 5.76 Å². The fourth-order valence-corrected chi connectivity index (χ4v) is 5.66. The van der Waals surface area contributed by atoms with E-state index in [1.807, 2.05) is 36.4 Å². The van der Waals surface area contributed by atoms with Crippen molar-refractivity contribution in [3.63, 3.8) is 0 Å². The number of amides is 4. The topological polar surface area (TPSA) is 153 Å². The molecule has 45 heavy (non-hydrogen) atoms. The number of hydrogen-bond acceptors (Lipinski definition) is 8. The van der Waals surface area contributed by atoms with Crippen molar-refractivity contribution in [3.05, 3.63) is 118 Å². The normalized spacial score (nSPS) is 16.1. The van der Waals surface area contributed by atoms with Crippen molar-refractivity contribution in [2.45, 2.75) is 18.9 Å². The Balaban J connectivity index is 1.20. The molecule has 1 atom stereocenters. The zero-order chi connectivity index (χ0) is 31.2. The lowest BCUT2D eigenvalue weighted by Gasteiger charge is -2.27. The van der Waals surface area contributed by atoms with Gasteiger partial charge in [0.25, 0.3) is 17.5 Å². The molecule has 0 aliphatic carbocycles. The van der Waals surface area contributed by atoms with Gasteiger partial charge in [-0.15, -0.1) is 0 Å². The maximum atomic E-state index is 13.3. The fourth-order valence-electron chi connectivity index (χ4n) is 5.66. The van der Waals surface area contributed by atoms with Crippen molar-refractivity contribution in [2.75, 3.05) is 0 Å². The predicted molar refractivity (Wildman–Crippen MR) is 162 cm³/mol. The minimum absolute atomic E-state index is 0.0157. The summed E-state index contributed by atoms with van der Waals surface area (Å²) in [6.07, 6.45) is 1.70. The third-order valence-electron chi connectivity index (χ3n) is 7.96. The summed E-state index contributed by atoms with van der Waals surface area (Å²) in [4.78, 5) is 66.7. The number of piperidine rings is 1. The smallest absolute Gasteiger partial charge is 0.269 e. The zero-order valence-corrected chi connectivity index (χ0v) is 23.4. The number of pyridine rings is 1. The molecule has 1 N–H and O–H groups in total. The number of rotatable bonds is 6. The first-order valence-corrected chi connectivity index (χ1v) is 14.0. The molecular formula is C34H22N4O7. The molecule has 1 saturated heterocycles. The summed E-state index contributed by atoms with van der Waals surface area (Å²) in [5.41, 5.74) is 5.54. The highest BCUT2D eigenvalue weighted by atomic mass is 16.6. The highest BCUT2D eigenvalue weighted by Gasteiger charge is 2.44. The number of fused-ring (bicyclic) bond motifs is 1. The van der Waals surface area contributed by atoms with Gasteiger partial charge in [-0.3, -0.25) is 39.5 Å². The Morgan fingerprint density at radius 1 is 0.756 bits per heavy atom. The number of nitrogens with zero attached hydrogens (tertiary/aromatic N) is 3. The Labute approximate surface area is 255 Å². The number of hydrogen-bond donors (Lipinski definition) is 1. The Morgan fingerprint density at radius 3 is 2.07 bits per heavy atom. The van der Waals surface area contributed by atoms with E-state index in [1.54, 1.807) is 48.7 Å². The predicted octanol–water partition coefficient (Wildman–Crippen LogP) is 5.65. The second-order valence-electron chi connectivity index (χ2n) is 10.7. The second-order valence-corrected chi connectivity index (χ2v) is 10.7. The molecule has 0 bridgehead atoms. The number of furan rings is 1. The summed E-state index contributed by atoms with van der Waals surface area (Å²) >= 11 is 0. The minimum Gasteiger partial charge on any atom is -0.463 e. The Bertz CT molecular complexity index is 2030. The van der Waals surface area contributed by atoms with Crippen LogP contribution in [-0.2, 0) is 9.59 Å². The zero-order valence-electron chi connectivity index (χ0n) is 23.4. The van der Waals surface area contributed by atoms with Gasteiger partial charge in [0.1, 0.15) is 11.7 Å². The van der Waals surface area contributed by atoms with Crippen molar-refractivity contribution in [1.82, 2.24) is 15.2 Å². The van der Waals surface area contributed by atoms with Crippen molar-refractivity contribution in [1.29, 1.82) is 0 Å². The van der Waals surface area contributed by atoms with Gasteiger partial charge in [-0.25, -0.2) is 4.98 Å². The first kappa shape index (κ1) is 27.6. The molecule has 11 heteroatoms. The Morgan fingerprint density at radius 2 is 1.40 bits per heavy atom. The lowest BCUT2D eigenvalue weighted by Crippen LogP contribution is -2.54. The van der Waals surface area contributed by atoms with Crippen LogP contribution in [0.4, 0.5) is 5.69 Å². The second kappa shape index (κ2) is 10.8. The van der Waals surface area contributed by atoms with Crippen molar-refractivity contribution in [2.24, 2.45) is 0 Å². The molecule has 2 aliphatic rings. The molecule has 4 heterocycles. The van der Waals surface area contributed by atoms with E-state index in [2.05, 4.69) is 5.32 Å². The summed E-state index contributed by atoms with van der Waals surface area (Å²) in [5.74, 6) is -1.63. The van der Waals surface area contributed by atoms with E-state index in [0.717, 1.165) is 21.6 Å². The minimum atomic E-state index is -1.03. The van der Waals surface area contributed by atoms with Crippen LogP contribution in [0.2, 0.25) is 0 Å². The van der Waals surface area contributed by atoms with Gasteiger partial charge in [0.05, 0.1) is 28.0 Å². The molecule has 11 nitrogen and oxygen atoms in total. The number of imide groups is 2. The number of non-ortho nitro benzene ring substituents is 1. The van der Waals surface area contributed by atoms with E-state index in [0.29, 0.717) is 28.3 Å². The molecule has 2 aromatic heterocycles. The van der Waals surface area contributed by atoms with Crippen LogP contribution >= 0.6 is 0 Å². The number of benzene rings is 3. The van der Waals surface area contributed by atoms with E-state index in [9.17, 15) is 29.3 Å². The first-order valence-electron chi connectivity index (χ1n) is 14.0. The van der Waals surface area contributed by atoms with E-state index in [4.69, 9.17) is 9.40 Å². The van der Waals surface area contributed by atoms with Crippen LogP contribution in [0.25, 0.3) is 45.0 Å². The molecular weight excluding hydrogens is 576 g/mol. The van der Waals surface area contributed by atoms with E-state index in [1.165, 1.54) is 12.1 Å². The molecule has 5 aromatic rings. The largest absolute Gasteiger partial charge is 0.463 e. The Hall–Kier alpha value is -6.23. The fraction of sp³-hybridized carbons (Fsp3) is 0.0882. The highest BCUT2D eigenvalue weighted by molar-refractivity contribution is 6.23. The van der Waals surface area contributed by atoms with Crippen LogP contribution in [0.15, 0.2) is 102 Å². The molecule has 1 fully saturated rings. The summed E-state index contributed by atoms with van der Waals surface area (Å²) in [6.45, 7) is 0. The maximum Gasteiger partial charge on any atom is 0.269 e. The lowest BCUT2D eigenvalue weighted by molar-refractivity contribution is -0.384. The molecule has 3 aromatic carbocycles. The number of nitrogens with one attached hydrogen (secondary N) is 1. The first-order chi connectivity index (χ1) is 21.8. The number of aromatic nitrogens is 1. The van der Waals surface area contributed by atoms with Gasteiger partial charge < -0.3 is 4.42 Å². The van der Waals surface area contributed by atoms with Crippen LogP contribution in [0.1, 0.15) is 33.6 Å². The summed E-state index contributed by atoms with van der Waals surface area (Å²) < 4.78 is 5.59. The van der Waals surface area contributed by atoms with Crippen LogP contribution in [-0.4, -0.2) is 44.5 Å². The maximum absolute atomic E-state index is 13.3. The van der Waals surface area contributed by atoms with E-state index in [-0.39, 0.29) is 29.7 Å². The third-order valence-corrected chi connectivity index (χ3v) is 7.96. The summed E-state index contributed by atoms with van der Waals surface area (Å²) in [7, 11) is 0. The number of carbonyl (C=O) groups excluding carboxylic acids is 4. The van der Waals surface area contributed by atoms with E-state index >= 15 is 0 Å². The van der Waals surface area contributed by atoms with Crippen LogP contribution in [0.3, 0.4) is 0 Å². The number of nitro groups is 1. The summed E-state index contributed by atoms with van der Waals surface area (Å²) in [5, 5.41) is 13.3. The van der Waals surface area contributed by atoms with Gasteiger partial charge >= 0.3 is 0 Å². The number of nitro benzene ring substituents is 1. The lowest BCUT2D eigenvalue weighted by atomic mass is 9.96. The molecule has 7 rings (SSSR count).